The van der Waals surface area contributed by atoms with Crippen molar-refractivity contribution in [1.29, 1.82) is 0 Å². The summed E-state index contributed by atoms with van der Waals surface area (Å²) in [6, 6.07) is 10.7. The van der Waals surface area contributed by atoms with Gasteiger partial charge in [0.25, 0.3) is 0 Å². The Morgan fingerprint density at radius 1 is 0.657 bits per heavy atom. The molecule has 2 aromatic carbocycles. The summed E-state index contributed by atoms with van der Waals surface area (Å²) in [5, 5.41) is 5.89. The smallest absolute Gasteiger partial charge is 0.317 e. The number of rotatable bonds is 8. The molecule has 0 bridgehead atoms. The molecule has 1 aliphatic heterocycles. The van der Waals surface area contributed by atoms with Gasteiger partial charge in [0, 0.05) is 39.3 Å². The van der Waals surface area contributed by atoms with E-state index in [0.29, 0.717) is 68.7 Å². The highest BCUT2D eigenvalue weighted by Crippen LogP contribution is 2.28. The number of amides is 4. The second-order valence-corrected chi connectivity index (χ2v) is 8.02. The molecule has 4 amide bonds. The maximum Gasteiger partial charge on any atom is 0.317 e. The van der Waals surface area contributed by atoms with Crippen LogP contribution in [0.3, 0.4) is 0 Å². The summed E-state index contributed by atoms with van der Waals surface area (Å²) in [6.07, 6.45) is 0.702. The Morgan fingerprint density at radius 2 is 1.06 bits per heavy atom. The molecule has 0 radical (unpaired) electrons. The Balaban J connectivity index is 1.47. The highest BCUT2D eigenvalue weighted by molar-refractivity contribution is 5.76. The molecule has 0 atom stereocenters. The molecule has 0 spiro atoms. The predicted octanol–water partition coefficient (Wildman–Crippen LogP) is 2.85. The van der Waals surface area contributed by atoms with E-state index in [2.05, 4.69) is 10.6 Å². The molecule has 1 fully saturated rings. The maximum atomic E-state index is 12.7. The van der Waals surface area contributed by atoms with Crippen LogP contribution < -0.4 is 29.6 Å². The lowest BCUT2D eigenvalue weighted by Gasteiger charge is -2.23. The van der Waals surface area contributed by atoms with Crippen LogP contribution in [0, 0.1) is 0 Å². The van der Waals surface area contributed by atoms with Crippen molar-refractivity contribution in [3.63, 3.8) is 0 Å². The van der Waals surface area contributed by atoms with Gasteiger partial charge in [0.1, 0.15) is 0 Å². The van der Waals surface area contributed by atoms with E-state index < -0.39 is 0 Å². The number of nitrogens with zero attached hydrogens (tertiary/aromatic N) is 2. The first-order valence-electron chi connectivity index (χ1n) is 11.5. The van der Waals surface area contributed by atoms with Crippen LogP contribution in [0.1, 0.15) is 17.5 Å². The Morgan fingerprint density at radius 3 is 1.43 bits per heavy atom. The van der Waals surface area contributed by atoms with Crippen LogP contribution >= 0.6 is 0 Å². The Hall–Kier alpha value is -3.82. The molecule has 1 saturated heterocycles. The van der Waals surface area contributed by atoms with Crippen LogP contribution in [-0.2, 0) is 13.1 Å². The highest BCUT2D eigenvalue weighted by Gasteiger charge is 2.22. The number of hydrogen-bond donors (Lipinski definition) is 2. The minimum absolute atomic E-state index is 0.160. The zero-order valence-electron chi connectivity index (χ0n) is 20.8. The highest BCUT2D eigenvalue weighted by atomic mass is 16.5. The van der Waals surface area contributed by atoms with Crippen LogP contribution in [0.5, 0.6) is 23.0 Å². The number of benzene rings is 2. The first kappa shape index (κ1) is 25.8. The van der Waals surface area contributed by atoms with Gasteiger partial charge in [-0.1, -0.05) is 12.1 Å². The summed E-state index contributed by atoms with van der Waals surface area (Å²) >= 11 is 0. The zero-order valence-corrected chi connectivity index (χ0v) is 20.8. The first-order chi connectivity index (χ1) is 17.0. The lowest BCUT2D eigenvalue weighted by Crippen LogP contribution is -2.44. The molecule has 1 heterocycles. The average molecular weight is 487 g/mol. The summed E-state index contributed by atoms with van der Waals surface area (Å²) in [7, 11) is 6.32. The van der Waals surface area contributed by atoms with Gasteiger partial charge in [-0.2, -0.15) is 0 Å². The van der Waals surface area contributed by atoms with E-state index in [4.69, 9.17) is 18.9 Å². The summed E-state index contributed by atoms with van der Waals surface area (Å²) in [4.78, 5) is 28.9. The van der Waals surface area contributed by atoms with Crippen molar-refractivity contribution < 1.29 is 28.5 Å². The molecule has 2 N–H and O–H groups in total. The van der Waals surface area contributed by atoms with Crippen LogP contribution in [-0.4, -0.2) is 76.5 Å². The van der Waals surface area contributed by atoms with Gasteiger partial charge in [-0.15, -0.1) is 0 Å². The van der Waals surface area contributed by atoms with E-state index in [1.54, 1.807) is 38.2 Å². The lowest BCUT2D eigenvalue weighted by atomic mass is 10.2. The first-order valence-corrected chi connectivity index (χ1v) is 11.5. The van der Waals surface area contributed by atoms with Crippen LogP contribution in [0.25, 0.3) is 0 Å². The second kappa shape index (κ2) is 12.6. The molecule has 35 heavy (non-hydrogen) atoms. The molecule has 10 nitrogen and oxygen atoms in total. The summed E-state index contributed by atoms with van der Waals surface area (Å²) < 4.78 is 21.1. The Bertz CT molecular complexity index is 936. The van der Waals surface area contributed by atoms with Gasteiger partial charge >= 0.3 is 12.1 Å². The van der Waals surface area contributed by atoms with E-state index in [1.165, 1.54) is 0 Å². The molecule has 0 saturated carbocycles. The standard InChI is InChI=1S/C25H34N4O6/c1-32-20-8-6-18(14-22(20)34-3)16-26-24(30)28-10-5-11-29(13-12-28)25(31)27-17-19-7-9-21(33-2)23(15-19)35-4/h6-9,14-15H,5,10-13,16-17H2,1-4H3,(H,26,30)(H,27,31). The van der Waals surface area contributed by atoms with Crippen molar-refractivity contribution in [3.8, 4) is 23.0 Å². The molecule has 0 unspecified atom stereocenters. The number of ether oxygens (including phenoxy) is 4. The van der Waals surface area contributed by atoms with Crippen molar-refractivity contribution in [3.05, 3.63) is 47.5 Å². The van der Waals surface area contributed by atoms with Crippen LogP contribution in [0.4, 0.5) is 9.59 Å². The molecule has 1 aliphatic rings. The van der Waals surface area contributed by atoms with Gasteiger partial charge in [0.2, 0.25) is 0 Å². The molecule has 10 heteroatoms. The van der Waals surface area contributed by atoms with Crippen molar-refractivity contribution >= 4 is 12.1 Å². The van der Waals surface area contributed by atoms with Crippen LogP contribution in [0.2, 0.25) is 0 Å². The SMILES string of the molecule is COc1ccc(CNC(=O)N2CCCN(C(=O)NCc3ccc(OC)c(OC)c3)CC2)cc1OC. The fourth-order valence-corrected chi connectivity index (χ4v) is 3.88. The van der Waals surface area contributed by atoms with Gasteiger partial charge in [0.15, 0.2) is 23.0 Å². The van der Waals surface area contributed by atoms with Crippen molar-refractivity contribution in [2.45, 2.75) is 19.5 Å². The molecule has 0 aromatic heterocycles. The zero-order chi connectivity index (χ0) is 25.2. The number of nitrogens with one attached hydrogen (secondary N) is 2. The maximum absolute atomic E-state index is 12.7. The fraction of sp³-hybridized carbons (Fsp3) is 0.440. The molecule has 0 aliphatic carbocycles. The largest absolute Gasteiger partial charge is 0.493 e. The number of carbonyl (C=O) groups is 2. The molecular formula is C25H34N4O6. The predicted molar refractivity (Wildman–Crippen MR) is 131 cm³/mol. The summed E-state index contributed by atoms with van der Waals surface area (Å²) in [5.74, 6) is 2.51. The Kier molecular flexibility index (Phi) is 9.28. The van der Waals surface area contributed by atoms with E-state index >= 15 is 0 Å². The fourth-order valence-electron chi connectivity index (χ4n) is 3.88. The minimum Gasteiger partial charge on any atom is -0.493 e. The minimum atomic E-state index is -0.160. The number of methoxy groups -OCH3 is 4. The third-order valence-electron chi connectivity index (χ3n) is 5.85. The monoisotopic (exact) mass is 486 g/mol. The summed E-state index contributed by atoms with van der Waals surface area (Å²) in [6.45, 7) is 2.81. The van der Waals surface area contributed by atoms with E-state index in [0.717, 1.165) is 11.1 Å². The van der Waals surface area contributed by atoms with Gasteiger partial charge in [0.05, 0.1) is 28.4 Å². The third kappa shape index (κ3) is 6.84. The van der Waals surface area contributed by atoms with E-state index in [9.17, 15) is 9.59 Å². The quantitative estimate of drug-likeness (QED) is 0.595. The van der Waals surface area contributed by atoms with E-state index in [-0.39, 0.29) is 12.1 Å². The number of hydrogen-bond acceptors (Lipinski definition) is 6. The van der Waals surface area contributed by atoms with Gasteiger partial charge in [-0.3, -0.25) is 0 Å². The topological polar surface area (TPSA) is 102 Å². The van der Waals surface area contributed by atoms with Crippen molar-refractivity contribution in [2.75, 3.05) is 54.6 Å². The van der Waals surface area contributed by atoms with Crippen molar-refractivity contribution in [1.82, 2.24) is 20.4 Å². The molecule has 3 rings (SSSR count). The van der Waals surface area contributed by atoms with Gasteiger partial charge in [-0.25, -0.2) is 9.59 Å². The van der Waals surface area contributed by atoms with E-state index in [1.807, 2.05) is 36.4 Å². The number of carbonyl (C=O) groups excluding carboxylic acids is 2. The molecule has 2 aromatic rings. The van der Waals surface area contributed by atoms with Crippen LogP contribution in [0.15, 0.2) is 36.4 Å². The lowest BCUT2D eigenvalue weighted by molar-refractivity contribution is 0.190. The average Bonchev–Trinajstić information content (AvgIpc) is 3.16. The normalized spacial score (nSPS) is 13.5. The summed E-state index contributed by atoms with van der Waals surface area (Å²) in [5.41, 5.74) is 1.81. The van der Waals surface area contributed by atoms with Crippen molar-refractivity contribution in [2.24, 2.45) is 0 Å². The second-order valence-electron chi connectivity index (χ2n) is 8.02. The van der Waals surface area contributed by atoms with Gasteiger partial charge < -0.3 is 39.4 Å². The Labute approximate surface area is 206 Å². The number of urea groups is 2. The van der Waals surface area contributed by atoms with Gasteiger partial charge in [-0.05, 0) is 41.8 Å². The third-order valence-corrected chi connectivity index (χ3v) is 5.85. The molecule has 190 valence electrons. The molecular weight excluding hydrogens is 452 g/mol.